The Kier molecular flexibility index (Phi) is 3.74. The van der Waals surface area contributed by atoms with Crippen LogP contribution in [-0.4, -0.2) is 30.3 Å². The van der Waals surface area contributed by atoms with Crippen LogP contribution in [0.5, 0.6) is 0 Å². The van der Waals surface area contributed by atoms with E-state index in [1.54, 1.807) is 0 Å². The van der Waals surface area contributed by atoms with Gasteiger partial charge in [-0.3, -0.25) is 0 Å². The molecule has 0 bridgehead atoms. The molecule has 1 N–H and O–H groups in total. The Balaban J connectivity index is 1.81. The van der Waals surface area contributed by atoms with Gasteiger partial charge in [0.05, 0.1) is 11.7 Å². The zero-order valence-electron chi connectivity index (χ0n) is 13.8. The monoisotopic (exact) mass is 288 g/mol. The van der Waals surface area contributed by atoms with Crippen LogP contribution in [0.25, 0.3) is 0 Å². The molecule has 21 heavy (non-hydrogen) atoms. The number of benzene rings is 1. The fraction of sp³-hybridized carbons (Fsp3) is 0.667. The van der Waals surface area contributed by atoms with E-state index in [1.165, 1.54) is 17.7 Å². The van der Waals surface area contributed by atoms with Crippen molar-refractivity contribution in [3.63, 3.8) is 0 Å². The number of nitrogens with zero attached hydrogens (tertiary/aromatic N) is 1. The first-order valence-electron chi connectivity index (χ1n) is 8.10. The molecule has 1 saturated heterocycles. The highest BCUT2D eigenvalue weighted by Crippen LogP contribution is 2.32. The van der Waals surface area contributed by atoms with Crippen LogP contribution in [0.3, 0.4) is 0 Å². The van der Waals surface area contributed by atoms with E-state index in [9.17, 15) is 0 Å². The Bertz CT molecular complexity index is 510. The molecule has 0 saturated carbocycles. The third-order valence-corrected chi connectivity index (χ3v) is 4.65. The summed E-state index contributed by atoms with van der Waals surface area (Å²) in [6, 6.07) is 8.75. The molecule has 0 spiro atoms. The lowest BCUT2D eigenvalue weighted by molar-refractivity contribution is -0.0117. The summed E-state index contributed by atoms with van der Waals surface area (Å²) < 4.78 is 6.21. The molecule has 1 aromatic carbocycles. The molecular formula is C18H28N2O. The molecule has 3 heteroatoms. The van der Waals surface area contributed by atoms with Gasteiger partial charge in [-0.05, 0) is 52.2 Å². The van der Waals surface area contributed by atoms with Crippen LogP contribution < -0.4 is 10.2 Å². The van der Waals surface area contributed by atoms with Gasteiger partial charge >= 0.3 is 0 Å². The van der Waals surface area contributed by atoms with Gasteiger partial charge in [0.25, 0.3) is 0 Å². The van der Waals surface area contributed by atoms with Gasteiger partial charge in [0.15, 0.2) is 0 Å². The van der Waals surface area contributed by atoms with E-state index >= 15 is 0 Å². The number of nitrogens with one attached hydrogen (secondary N) is 1. The van der Waals surface area contributed by atoms with Crippen molar-refractivity contribution in [2.75, 3.05) is 18.0 Å². The van der Waals surface area contributed by atoms with Gasteiger partial charge in [0.2, 0.25) is 0 Å². The molecule has 1 atom stereocenters. The highest BCUT2D eigenvalue weighted by atomic mass is 16.5. The quantitative estimate of drug-likeness (QED) is 0.903. The van der Waals surface area contributed by atoms with Crippen molar-refractivity contribution in [3.8, 4) is 0 Å². The van der Waals surface area contributed by atoms with E-state index in [2.05, 4.69) is 62.2 Å². The van der Waals surface area contributed by atoms with Gasteiger partial charge in [0, 0.05) is 30.9 Å². The molecule has 116 valence electrons. The number of para-hydroxylation sites is 1. The summed E-state index contributed by atoms with van der Waals surface area (Å²) in [4.78, 5) is 2.52. The molecule has 0 aliphatic carbocycles. The fourth-order valence-corrected chi connectivity index (χ4v) is 3.54. The molecule has 1 unspecified atom stereocenters. The summed E-state index contributed by atoms with van der Waals surface area (Å²) >= 11 is 0. The van der Waals surface area contributed by atoms with Crippen molar-refractivity contribution < 1.29 is 4.74 Å². The maximum atomic E-state index is 6.21. The van der Waals surface area contributed by atoms with Crippen LogP contribution in [0.15, 0.2) is 24.3 Å². The van der Waals surface area contributed by atoms with Gasteiger partial charge in [-0.2, -0.15) is 0 Å². The standard InChI is InChI=1S/C18H28N2O/c1-17(2)13-20(12-15-9-10-18(3,4)21-15)16-8-6-5-7-14(16)11-19-17/h5-8,15,19H,9-13H2,1-4H3. The predicted octanol–water partition coefficient (Wildman–Crippen LogP) is 3.33. The largest absolute Gasteiger partial charge is 0.371 e. The van der Waals surface area contributed by atoms with Crippen LogP contribution in [0.4, 0.5) is 5.69 Å². The lowest BCUT2D eigenvalue weighted by atomic mass is 10.0. The predicted molar refractivity (Wildman–Crippen MR) is 87.8 cm³/mol. The second kappa shape index (κ2) is 5.29. The zero-order chi connectivity index (χ0) is 15.1. The van der Waals surface area contributed by atoms with Gasteiger partial charge in [0.1, 0.15) is 0 Å². The number of anilines is 1. The van der Waals surface area contributed by atoms with E-state index < -0.39 is 0 Å². The molecule has 2 heterocycles. The Morgan fingerprint density at radius 3 is 2.71 bits per heavy atom. The second-order valence-electron chi connectivity index (χ2n) is 7.78. The molecule has 2 aliphatic heterocycles. The summed E-state index contributed by atoms with van der Waals surface area (Å²) in [5, 5.41) is 3.67. The smallest absolute Gasteiger partial charge is 0.0758 e. The van der Waals surface area contributed by atoms with E-state index in [4.69, 9.17) is 4.74 Å². The van der Waals surface area contributed by atoms with E-state index in [0.29, 0.717) is 6.10 Å². The van der Waals surface area contributed by atoms with E-state index in [-0.39, 0.29) is 11.1 Å². The van der Waals surface area contributed by atoms with Crippen LogP contribution in [0.1, 0.15) is 46.1 Å². The minimum Gasteiger partial charge on any atom is -0.371 e. The van der Waals surface area contributed by atoms with Crippen LogP contribution >= 0.6 is 0 Å². The first-order valence-corrected chi connectivity index (χ1v) is 8.10. The highest BCUT2D eigenvalue weighted by molar-refractivity contribution is 5.55. The minimum absolute atomic E-state index is 0.0454. The number of ether oxygens (including phenoxy) is 1. The number of rotatable bonds is 2. The van der Waals surface area contributed by atoms with E-state index in [0.717, 1.165) is 26.1 Å². The average molecular weight is 288 g/mol. The Labute approximate surface area is 128 Å². The summed E-state index contributed by atoms with van der Waals surface area (Å²) in [6.45, 7) is 11.9. The Morgan fingerprint density at radius 1 is 1.24 bits per heavy atom. The fourth-order valence-electron chi connectivity index (χ4n) is 3.54. The third kappa shape index (κ3) is 3.41. The Morgan fingerprint density at radius 2 is 2.00 bits per heavy atom. The second-order valence-corrected chi connectivity index (χ2v) is 7.78. The lowest BCUT2D eigenvalue weighted by Gasteiger charge is -2.34. The molecule has 3 nitrogen and oxygen atoms in total. The number of fused-ring (bicyclic) bond motifs is 1. The number of hydrogen-bond donors (Lipinski definition) is 1. The van der Waals surface area contributed by atoms with Gasteiger partial charge in [-0.1, -0.05) is 18.2 Å². The number of hydrogen-bond acceptors (Lipinski definition) is 3. The zero-order valence-corrected chi connectivity index (χ0v) is 13.8. The maximum Gasteiger partial charge on any atom is 0.0758 e. The molecule has 0 amide bonds. The van der Waals surface area contributed by atoms with E-state index in [1.807, 2.05) is 0 Å². The van der Waals surface area contributed by atoms with Crippen molar-refractivity contribution in [1.82, 2.24) is 5.32 Å². The van der Waals surface area contributed by atoms with Gasteiger partial charge < -0.3 is 15.0 Å². The average Bonchev–Trinajstić information content (AvgIpc) is 2.68. The van der Waals surface area contributed by atoms with Crippen LogP contribution in [0.2, 0.25) is 0 Å². The summed E-state index contributed by atoms with van der Waals surface area (Å²) in [5.41, 5.74) is 2.92. The minimum atomic E-state index is 0.0454. The maximum absolute atomic E-state index is 6.21. The lowest BCUT2D eigenvalue weighted by Crippen LogP contribution is -2.48. The normalized spacial score (nSPS) is 27.2. The highest BCUT2D eigenvalue weighted by Gasteiger charge is 2.34. The molecular weight excluding hydrogens is 260 g/mol. The van der Waals surface area contributed by atoms with Crippen LogP contribution in [-0.2, 0) is 11.3 Å². The van der Waals surface area contributed by atoms with Crippen molar-refractivity contribution in [2.45, 2.75) is 64.3 Å². The van der Waals surface area contributed by atoms with Crippen molar-refractivity contribution in [2.24, 2.45) is 0 Å². The molecule has 0 radical (unpaired) electrons. The third-order valence-electron chi connectivity index (χ3n) is 4.65. The topological polar surface area (TPSA) is 24.5 Å². The molecule has 1 aromatic rings. The summed E-state index contributed by atoms with van der Waals surface area (Å²) in [6.07, 6.45) is 2.68. The van der Waals surface area contributed by atoms with Crippen molar-refractivity contribution >= 4 is 5.69 Å². The summed E-state index contributed by atoms with van der Waals surface area (Å²) in [7, 11) is 0. The molecule has 3 rings (SSSR count). The Hall–Kier alpha value is -1.06. The first kappa shape index (κ1) is 14.9. The van der Waals surface area contributed by atoms with Gasteiger partial charge in [-0.25, -0.2) is 0 Å². The van der Waals surface area contributed by atoms with Gasteiger partial charge in [-0.15, -0.1) is 0 Å². The van der Waals surface area contributed by atoms with Crippen molar-refractivity contribution in [1.29, 1.82) is 0 Å². The summed E-state index contributed by atoms with van der Waals surface area (Å²) in [5.74, 6) is 0. The SMILES string of the molecule is CC1(C)CN(CC2CCC(C)(C)O2)c2ccccc2CN1. The molecule has 0 aromatic heterocycles. The first-order chi connectivity index (χ1) is 9.85. The van der Waals surface area contributed by atoms with Crippen LogP contribution in [0, 0.1) is 0 Å². The van der Waals surface area contributed by atoms with Crippen molar-refractivity contribution in [3.05, 3.63) is 29.8 Å². The molecule has 1 fully saturated rings. The molecule has 2 aliphatic rings.